The summed E-state index contributed by atoms with van der Waals surface area (Å²) >= 11 is 0. The highest BCUT2D eigenvalue weighted by Crippen LogP contribution is 2.23. The number of aromatic carboxylic acids is 1. The molecule has 0 spiro atoms. The van der Waals surface area contributed by atoms with Crippen LogP contribution in [-0.4, -0.2) is 26.1 Å². The molecule has 0 aliphatic rings. The van der Waals surface area contributed by atoms with Crippen molar-refractivity contribution in [3.8, 4) is 5.75 Å². The van der Waals surface area contributed by atoms with Crippen LogP contribution in [0.4, 0.5) is 4.39 Å². The highest BCUT2D eigenvalue weighted by atomic mass is 19.1. The van der Waals surface area contributed by atoms with Crippen molar-refractivity contribution in [2.24, 2.45) is 7.05 Å². The Kier molecular flexibility index (Phi) is 3.22. The quantitative estimate of drug-likeness (QED) is 0.884. The van der Waals surface area contributed by atoms with Crippen LogP contribution >= 0.6 is 0 Å². The van der Waals surface area contributed by atoms with Crippen LogP contribution in [0.3, 0.4) is 0 Å². The van der Waals surface area contributed by atoms with Gasteiger partial charge in [-0.15, -0.1) is 5.10 Å². The van der Waals surface area contributed by atoms with Gasteiger partial charge >= 0.3 is 5.97 Å². The second-order valence-electron chi connectivity index (χ2n) is 3.59. The van der Waals surface area contributed by atoms with Gasteiger partial charge in [0.2, 0.25) is 0 Å². The van der Waals surface area contributed by atoms with Crippen LogP contribution in [0.5, 0.6) is 5.75 Å². The largest absolute Gasteiger partial charge is 0.483 e. The van der Waals surface area contributed by atoms with Crippen molar-refractivity contribution in [2.45, 2.75) is 6.61 Å². The summed E-state index contributed by atoms with van der Waals surface area (Å²) in [4.78, 5) is 10.9. The molecule has 0 amide bonds. The van der Waals surface area contributed by atoms with Gasteiger partial charge in [0.15, 0.2) is 11.6 Å². The zero-order valence-corrected chi connectivity index (χ0v) is 9.50. The fourth-order valence-electron chi connectivity index (χ4n) is 1.43. The van der Waals surface area contributed by atoms with Crippen molar-refractivity contribution in [1.82, 2.24) is 15.0 Å². The number of ether oxygens (including phenoxy) is 1. The lowest BCUT2D eigenvalue weighted by Crippen LogP contribution is -2.05. The monoisotopic (exact) mass is 251 g/mol. The Morgan fingerprint density at radius 2 is 2.33 bits per heavy atom. The SMILES string of the molecule is Cn1cc(COc2c(F)cccc2C(=O)O)nn1. The molecule has 6 nitrogen and oxygen atoms in total. The number of hydrogen-bond acceptors (Lipinski definition) is 4. The minimum atomic E-state index is -1.25. The van der Waals surface area contributed by atoms with Crippen LogP contribution in [0.15, 0.2) is 24.4 Å². The Balaban J connectivity index is 2.20. The Labute approximate surface area is 102 Å². The number of rotatable bonds is 4. The molecule has 1 aromatic carbocycles. The molecule has 0 radical (unpaired) electrons. The number of benzene rings is 1. The zero-order valence-electron chi connectivity index (χ0n) is 9.50. The van der Waals surface area contributed by atoms with Crippen LogP contribution in [0.1, 0.15) is 16.1 Å². The lowest BCUT2D eigenvalue weighted by Gasteiger charge is -2.08. The summed E-state index contributed by atoms with van der Waals surface area (Å²) in [5.41, 5.74) is 0.260. The number of carboxylic acid groups (broad SMARTS) is 1. The fourth-order valence-corrected chi connectivity index (χ4v) is 1.43. The molecule has 0 atom stereocenters. The third-order valence-electron chi connectivity index (χ3n) is 2.21. The summed E-state index contributed by atoms with van der Waals surface area (Å²) in [6.07, 6.45) is 1.60. The highest BCUT2D eigenvalue weighted by molar-refractivity contribution is 5.90. The number of halogens is 1. The van der Waals surface area contributed by atoms with E-state index < -0.39 is 11.8 Å². The van der Waals surface area contributed by atoms with E-state index in [2.05, 4.69) is 10.3 Å². The van der Waals surface area contributed by atoms with Gasteiger partial charge in [-0.2, -0.15) is 0 Å². The molecule has 0 saturated carbocycles. The molecule has 0 unspecified atom stereocenters. The van der Waals surface area contributed by atoms with E-state index in [1.807, 2.05) is 0 Å². The van der Waals surface area contributed by atoms with Gasteiger partial charge in [-0.05, 0) is 12.1 Å². The topological polar surface area (TPSA) is 77.2 Å². The fraction of sp³-hybridized carbons (Fsp3) is 0.182. The normalized spacial score (nSPS) is 10.3. The summed E-state index contributed by atoms with van der Waals surface area (Å²) in [7, 11) is 1.68. The molecule has 7 heteroatoms. The molecule has 94 valence electrons. The van der Waals surface area contributed by atoms with Crippen molar-refractivity contribution in [3.05, 3.63) is 41.5 Å². The standard InChI is InChI=1S/C11H10FN3O3/c1-15-5-7(13-14-15)6-18-10-8(11(16)17)3-2-4-9(10)12/h2-5H,6H2,1H3,(H,16,17). The van der Waals surface area contributed by atoms with Crippen LogP contribution in [0, 0.1) is 5.82 Å². The Morgan fingerprint density at radius 3 is 2.94 bits per heavy atom. The molecular weight excluding hydrogens is 241 g/mol. The van der Waals surface area contributed by atoms with Crippen molar-refractivity contribution in [1.29, 1.82) is 0 Å². The molecule has 0 aliphatic heterocycles. The van der Waals surface area contributed by atoms with E-state index in [1.165, 1.54) is 16.8 Å². The molecule has 18 heavy (non-hydrogen) atoms. The predicted molar refractivity (Wildman–Crippen MR) is 58.7 cm³/mol. The van der Waals surface area contributed by atoms with Crippen LogP contribution < -0.4 is 4.74 Å². The second-order valence-corrected chi connectivity index (χ2v) is 3.59. The van der Waals surface area contributed by atoms with Gasteiger partial charge in [0.1, 0.15) is 17.9 Å². The van der Waals surface area contributed by atoms with Crippen LogP contribution in [0.25, 0.3) is 0 Å². The summed E-state index contributed by atoms with van der Waals surface area (Å²) < 4.78 is 20.1. The molecule has 0 fully saturated rings. The number of hydrogen-bond donors (Lipinski definition) is 1. The highest BCUT2D eigenvalue weighted by Gasteiger charge is 2.16. The smallest absolute Gasteiger partial charge is 0.339 e. The molecule has 0 aliphatic carbocycles. The van der Waals surface area contributed by atoms with E-state index in [-0.39, 0.29) is 17.9 Å². The Morgan fingerprint density at radius 1 is 1.56 bits per heavy atom. The molecule has 1 heterocycles. The minimum absolute atomic E-state index is 0.0466. The minimum Gasteiger partial charge on any atom is -0.483 e. The zero-order chi connectivity index (χ0) is 13.1. The van der Waals surface area contributed by atoms with E-state index in [4.69, 9.17) is 9.84 Å². The van der Waals surface area contributed by atoms with E-state index in [9.17, 15) is 9.18 Å². The first kappa shape index (κ1) is 12.0. The summed E-state index contributed by atoms with van der Waals surface area (Å²) in [6, 6.07) is 3.73. The third-order valence-corrected chi connectivity index (χ3v) is 2.21. The molecule has 2 rings (SSSR count). The average Bonchev–Trinajstić information content (AvgIpc) is 2.73. The van der Waals surface area contributed by atoms with Crippen molar-refractivity contribution in [2.75, 3.05) is 0 Å². The number of carbonyl (C=O) groups is 1. The maximum absolute atomic E-state index is 13.5. The molecule has 1 aromatic heterocycles. The summed E-state index contributed by atoms with van der Waals surface area (Å²) in [5, 5.41) is 16.4. The van der Waals surface area contributed by atoms with Crippen molar-refractivity contribution in [3.63, 3.8) is 0 Å². The number of aromatic nitrogens is 3. The maximum atomic E-state index is 13.5. The molecule has 0 bridgehead atoms. The number of carboxylic acids is 1. The first-order chi connectivity index (χ1) is 8.58. The molecule has 2 aromatic rings. The van der Waals surface area contributed by atoms with Crippen molar-refractivity contribution >= 4 is 5.97 Å². The van der Waals surface area contributed by atoms with Crippen LogP contribution in [-0.2, 0) is 13.7 Å². The number of nitrogens with zero attached hydrogens (tertiary/aromatic N) is 3. The summed E-state index contributed by atoms with van der Waals surface area (Å²) in [5.74, 6) is -2.27. The third kappa shape index (κ3) is 2.45. The van der Waals surface area contributed by atoms with Crippen LogP contribution in [0.2, 0.25) is 0 Å². The second kappa shape index (κ2) is 4.82. The lowest BCUT2D eigenvalue weighted by molar-refractivity contribution is 0.0690. The van der Waals surface area contributed by atoms with E-state index in [0.717, 1.165) is 6.07 Å². The van der Waals surface area contributed by atoms with E-state index in [0.29, 0.717) is 5.69 Å². The Hall–Kier alpha value is -2.44. The van der Waals surface area contributed by atoms with Gasteiger partial charge in [0.25, 0.3) is 0 Å². The number of aryl methyl sites for hydroxylation is 1. The first-order valence-corrected chi connectivity index (χ1v) is 5.07. The van der Waals surface area contributed by atoms with Gasteiger partial charge in [0, 0.05) is 7.05 Å². The van der Waals surface area contributed by atoms with Gasteiger partial charge < -0.3 is 9.84 Å². The predicted octanol–water partition coefficient (Wildman–Crippen LogP) is 1.23. The lowest BCUT2D eigenvalue weighted by atomic mass is 10.2. The average molecular weight is 251 g/mol. The first-order valence-electron chi connectivity index (χ1n) is 5.07. The molecule has 1 N–H and O–H groups in total. The van der Waals surface area contributed by atoms with E-state index >= 15 is 0 Å². The van der Waals surface area contributed by atoms with E-state index in [1.54, 1.807) is 13.2 Å². The van der Waals surface area contributed by atoms with Gasteiger partial charge in [-0.1, -0.05) is 11.3 Å². The Bertz CT molecular complexity index is 583. The van der Waals surface area contributed by atoms with Gasteiger partial charge in [-0.3, -0.25) is 4.68 Å². The van der Waals surface area contributed by atoms with Crippen molar-refractivity contribution < 1.29 is 19.0 Å². The molecule has 0 saturated heterocycles. The molecular formula is C11H10FN3O3. The number of para-hydroxylation sites is 1. The van der Waals surface area contributed by atoms with Gasteiger partial charge in [0.05, 0.1) is 6.20 Å². The van der Waals surface area contributed by atoms with Gasteiger partial charge in [-0.25, -0.2) is 9.18 Å². The summed E-state index contributed by atoms with van der Waals surface area (Å²) in [6.45, 7) is -0.0466. The maximum Gasteiger partial charge on any atom is 0.339 e.